The fourth-order valence-corrected chi connectivity index (χ4v) is 5.62. The first-order chi connectivity index (χ1) is 12.9. The van der Waals surface area contributed by atoms with Crippen LogP contribution in [0.25, 0.3) is 21.2 Å². The van der Waals surface area contributed by atoms with Gasteiger partial charge in [0.15, 0.2) is 0 Å². The number of benzene rings is 2. The molecule has 0 saturated carbocycles. The van der Waals surface area contributed by atoms with Crippen LogP contribution in [0, 0.1) is 5.41 Å². The van der Waals surface area contributed by atoms with Gasteiger partial charge in [-0.3, -0.25) is 0 Å². The summed E-state index contributed by atoms with van der Waals surface area (Å²) in [6, 6.07) is 12.5. The number of carbonyl (C=O) groups is 1. The van der Waals surface area contributed by atoms with Crippen molar-refractivity contribution >= 4 is 28.1 Å². The topological polar surface area (TPSA) is 46.5 Å². The molecule has 0 atom stereocenters. The number of fused-ring (bicyclic) bond motifs is 2. The molecule has 0 unspecified atom stereocenters. The molecule has 1 aliphatic rings. The third-order valence-corrected chi connectivity index (χ3v) is 6.75. The summed E-state index contributed by atoms with van der Waals surface area (Å²) in [6.45, 7) is 5.13. The summed E-state index contributed by atoms with van der Waals surface area (Å²) in [5.41, 5.74) is 3.94. The van der Waals surface area contributed by atoms with Crippen molar-refractivity contribution < 1.29 is 14.6 Å². The van der Waals surface area contributed by atoms with Crippen LogP contribution in [0.5, 0.6) is 0 Å². The number of hydrogen-bond donors (Lipinski definition) is 1. The first kappa shape index (κ1) is 18.2. The van der Waals surface area contributed by atoms with Gasteiger partial charge in [0.05, 0.1) is 12.2 Å². The first-order valence-electron chi connectivity index (χ1n) is 9.28. The molecule has 3 nitrogen and oxygen atoms in total. The predicted octanol–water partition coefficient (Wildman–Crippen LogP) is 5.93. The van der Waals surface area contributed by atoms with Crippen molar-refractivity contribution in [2.75, 3.05) is 7.11 Å². The lowest BCUT2D eigenvalue weighted by Crippen LogP contribution is -2.21. The van der Waals surface area contributed by atoms with Crippen molar-refractivity contribution in [3.8, 4) is 10.4 Å². The van der Waals surface area contributed by atoms with Crippen LogP contribution >= 0.6 is 11.3 Å². The molecule has 0 spiro atoms. The summed E-state index contributed by atoms with van der Waals surface area (Å²) in [5, 5.41) is 12.2. The fraction of sp³-hybridized carbons (Fsp3) is 0.348. The van der Waals surface area contributed by atoms with Crippen molar-refractivity contribution in [1.29, 1.82) is 0 Å². The smallest absolute Gasteiger partial charge is 0.337 e. The quantitative estimate of drug-likeness (QED) is 0.610. The lowest BCUT2D eigenvalue weighted by molar-refractivity contribution is 0.0696. The minimum Gasteiger partial charge on any atom is -0.478 e. The van der Waals surface area contributed by atoms with Crippen LogP contribution < -0.4 is 0 Å². The van der Waals surface area contributed by atoms with Crippen LogP contribution in [-0.4, -0.2) is 18.2 Å². The highest BCUT2D eigenvalue weighted by Gasteiger charge is 2.32. The highest BCUT2D eigenvalue weighted by Crippen LogP contribution is 2.45. The Balaban J connectivity index is 1.82. The van der Waals surface area contributed by atoms with Crippen molar-refractivity contribution in [3.05, 3.63) is 58.0 Å². The molecule has 0 saturated heterocycles. The zero-order valence-electron chi connectivity index (χ0n) is 16.0. The lowest BCUT2D eigenvalue weighted by Gasteiger charge is -2.29. The third-order valence-electron chi connectivity index (χ3n) is 5.47. The molecule has 0 fully saturated rings. The Labute approximate surface area is 163 Å². The van der Waals surface area contributed by atoms with Crippen LogP contribution in [0.15, 0.2) is 36.4 Å². The van der Waals surface area contributed by atoms with Crippen LogP contribution in [0.1, 0.15) is 46.6 Å². The van der Waals surface area contributed by atoms with E-state index in [2.05, 4.69) is 44.2 Å². The first-order valence-corrected chi connectivity index (χ1v) is 10.1. The standard InChI is InChI=1S/C23H24O3S/c1-23(2)9-8-18-19(12-23)27-21(20(18)22(24)25)17-7-6-15-10-14(13-26-3)4-5-16(15)11-17/h4-7,10-11H,8-9,12-13H2,1-3H3,(H,24,25). The van der Waals surface area contributed by atoms with E-state index < -0.39 is 5.97 Å². The predicted molar refractivity (Wildman–Crippen MR) is 111 cm³/mol. The molecule has 0 amide bonds. The molecule has 4 heteroatoms. The van der Waals surface area contributed by atoms with Crippen molar-refractivity contribution in [1.82, 2.24) is 0 Å². The minimum atomic E-state index is -0.808. The van der Waals surface area contributed by atoms with Gasteiger partial charge in [-0.15, -0.1) is 11.3 Å². The summed E-state index contributed by atoms with van der Waals surface area (Å²) in [6.07, 6.45) is 2.85. The molecule has 140 valence electrons. The number of carboxylic acid groups (broad SMARTS) is 1. The molecular weight excluding hydrogens is 356 g/mol. The van der Waals surface area contributed by atoms with Gasteiger partial charge in [-0.25, -0.2) is 4.79 Å². The summed E-state index contributed by atoms with van der Waals surface area (Å²) < 4.78 is 5.21. The summed E-state index contributed by atoms with van der Waals surface area (Å²) in [5.74, 6) is -0.808. The Morgan fingerprint density at radius 3 is 2.67 bits per heavy atom. The Kier molecular flexibility index (Phi) is 4.57. The SMILES string of the molecule is COCc1ccc2cc(-c3sc4c(c3C(=O)O)CCC(C)(C)C4)ccc2c1. The Morgan fingerprint density at radius 1 is 1.19 bits per heavy atom. The van der Waals surface area contributed by atoms with Gasteiger partial charge < -0.3 is 9.84 Å². The molecule has 27 heavy (non-hydrogen) atoms. The van der Waals surface area contributed by atoms with E-state index in [-0.39, 0.29) is 5.41 Å². The number of thiophene rings is 1. The van der Waals surface area contributed by atoms with E-state index in [4.69, 9.17) is 4.74 Å². The van der Waals surface area contributed by atoms with E-state index in [1.807, 2.05) is 6.07 Å². The molecule has 0 radical (unpaired) electrons. The Bertz CT molecular complexity index is 1030. The van der Waals surface area contributed by atoms with Gasteiger partial charge in [-0.2, -0.15) is 0 Å². The maximum atomic E-state index is 12.1. The monoisotopic (exact) mass is 380 g/mol. The Hall–Kier alpha value is -2.17. The van der Waals surface area contributed by atoms with Gasteiger partial charge in [-0.1, -0.05) is 38.1 Å². The molecule has 2 aromatic carbocycles. The maximum absolute atomic E-state index is 12.1. The van der Waals surface area contributed by atoms with Crippen LogP contribution in [0.4, 0.5) is 0 Å². The average molecular weight is 381 g/mol. The van der Waals surface area contributed by atoms with Gasteiger partial charge in [0, 0.05) is 16.9 Å². The van der Waals surface area contributed by atoms with Gasteiger partial charge in [0.2, 0.25) is 0 Å². The molecule has 0 aliphatic heterocycles. The third kappa shape index (κ3) is 3.40. The van der Waals surface area contributed by atoms with Crippen molar-refractivity contribution in [3.63, 3.8) is 0 Å². The lowest BCUT2D eigenvalue weighted by atomic mass is 9.76. The summed E-state index contributed by atoms with van der Waals surface area (Å²) >= 11 is 1.66. The highest BCUT2D eigenvalue weighted by molar-refractivity contribution is 7.16. The van der Waals surface area contributed by atoms with E-state index in [1.54, 1.807) is 18.4 Å². The van der Waals surface area contributed by atoms with E-state index in [0.717, 1.165) is 51.6 Å². The summed E-state index contributed by atoms with van der Waals surface area (Å²) in [7, 11) is 1.70. The van der Waals surface area contributed by atoms with Crippen LogP contribution in [0.2, 0.25) is 0 Å². The second kappa shape index (κ2) is 6.77. The van der Waals surface area contributed by atoms with E-state index in [0.29, 0.717) is 12.2 Å². The molecule has 1 heterocycles. The number of ether oxygens (including phenoxy) is 1. The Morgan fingerprint density at radius 2 is 1.93 bits per heavy atom. The van der Waals surface area contributed by atoms with Gasteiger partial charge in [-0.05, 0) is 64.3 Å². The molecular formula is C23H24O3S. The van der Waals surface area contributed by atoms with Crippen LogP contribution in [-0.2, 0) is 24.2 Å². The molecule has 1 N–H and O–H groups in total. The number of aromatic carboxylic acids is 1. The van der Waals surface area contributed by atoms with Gasteiger partial charge in [0.25, 0.3) is 0 Å². The summed E-state index contributed by atoms with van der Waals surface area (Å²) in [4.78, 5) is 14.2. The van der Waals surface area contributed by atoms with E-state index in [1.165, 1.54) is 4.88 Å². The normalized spacial score (nSPS) is 15.7. The van der Waals surface area contributed by atoms with E-state index in [9.17, 15) is 9.90 Å². The largest absolute Gasteiger partial charge is 0.478 e. The molecule has 3 aromatic rings. The zero-order valence-corrected chi connectivity index (χ0v) is 16.8. The van der Waals surface area contributed by atoms with Crippen LogP contribution in [0.3, 0.4) is 0 Å². The molecule has 1 aliphatic carbocycles. The second-order valence-corrected chi connectivity index (χ2v) is 9.29. The number of carboxylic acids is 1. The maximum Gasteiger partial charge on any atom is 0.337 e. The van der Waals surface area contributed by atoms with Gasteiger partial charge >= 0.3 is 5.97 Å². The fourth-order valence-electron chi connectivity index (χ4n) is 4.03. The van der Waals surface area contributed by atoms with Crippen molar-refractivity contribution in [2.24, 2.45) is 5.41 Å². The molecule has 1 aromatic heterocycles. The second-order valence-electron chi connectivity index (χ2n) is 8.18. The number of hydrogen-bond acceptors (Lipinski definition) is 3. The zero-order chi connectivity index (χ0) is 19.2. The highest BCUT2D eigenvalue weighted by atomic mass is 32.1. The van der Waals surface area contributed by atoms with E-state index >= 15 is 0 Å². The average Bonchev–Trinajstić information content (AvgIpc) is 2.99. The minimum absolute atomic E-state index is 0.242. The molecule has 4 rings (SSSR count). The van der Waals surface area contributed by atoms with Crippen molar-refractivity contribution in [2.45, 2.75) is 39.7 Å². The number of rotatable bonds is 4. The van der Waals surface area contributed by atoms with Gasteiger partial charge in [0.1, 0.15) is 0 Å². The number of methoxy groups -OCH3 is 1. The molecule has 0 bridgehead atoms.